The molecule has 0 aliphatic heterocycles. The smallest absolute Gasteiger partial charge is 0.251 e. The number of hydrogen-bond acceptors (Lipinski definition) is 3. The van der Waals surface area contributed by atoms with Crippen molar-refractivity contribution in [1.29, 1.82) is 0 Å². The van der Waals surface area contributed by atoms with E-state index in [1.807, 2.05) is 38.1 Å². The number of hydrogen-bond donors (Lipinski definition) is 1. The first kappa shape index (κ1) is 16.8. The van der Waals surface area contributed by atoms with Crippen LogP contribution in [0.25, 0.3) is 0 Å². The lowest BCUT2D eigenvalue weighted by molar-refractivity contribution is 0.0926. The number of benzene rings is 2. The van der Waals surface area contributed by atoms with E-state index in [1.54, 1.807) is 0 Å². The number of methoxy groups -OCH3 is 1. The molecule has 1 atom stereocenters. The van der Waals surface area contributed by atoms with E-state index in [1.165, 1.54) is 19.2 Å². The van der Waals surface area contributed by atoms with Crippen LogP contribution in [0.15, 0.2) is 42.5 Å². The third-order valence-corrected chi connectivity index (χ3v) is 3.31. The Morgan fingerprint density at radius 2 is 1.91 bits per heavy atom. The number of nitrogens with one attached hydrogen (secondary N) is 1. The minimum atomic E-state index is -0.566. The number of aryl methyl sites for hydroxylation is 1. The second-order valence-corrected chi connectivity index (χ2v) is 5.35. The molecule has 2 aromatic rings. The average molecular weight is 317 g/mol. The molecule has 1 unspecified atom stereocenters. The van der Waals surface area contributed by atoms with Crippen molar-refractivity contribution >= 4 is 5.91 Å². The molecule has 0 aliphatic carbocycles. The van der Waals surface area contributed by atoms with Gasteiger partial charge in [-0.1, -0.05) is 17.7 Å². The Labute approximate surface area is 135 Å². The van der Waals surface area contributed by atoms with Crippen LogP contribution in [0.4, 0.5) is 4.39 Å². The van der Waals surface area contributed by atoms with Crippen LogP contribution in [0, 0.1) is 12.7 Å². The monoisotopic (exact) mass is 317 g/mol. The van der Waals surface area contributed by atoms with Gasteiger partial charge in [0.1, 0.15) is 12.4 Å². The van der Waals surface area contributed by atoms with Crippen molar-refractivity contribution in [2.75, 3.05) is 13.7 Å². The maximum Gasteiger partial charge on any atom is 0.251 e. The number of halogens is 1. The standard InChI is InChI=1S/C18H20FNO3/c1-12-4-7-15(8-5-12)23-11-13(2)20-18(21)14-6-9-17(22-3)16(19)10-14/h4-10,13H,11H2,1-3H3,(H,20,21). The summed E-state index contributed by atoms with van der Waals surface area (Å²) in [6.45, 7) is 4.15. The summed E-state index contributed by atoms with van der Waals surface area (Å²) in [5, 5.41) is 2.77. The van der Waals surface area contributed by atoms with E-state index in [2.05, 4.69) is 5.32 Å². The normalized spacial score (nSPS) is 11.7. The van der Waals surface area contributed by atoms with Crippen LogP contribution >= 0.6 is 0 Å². The maximum absolute atomic E-state index is 13.6. The molecule has 2 rings (SSSR count). The van der Waals surface area contributed by atoms with E-state index in [4.69, 9.17) is 9.47 Å². The molecule has 4 nitrogen and oxygen atoms in total. The molecule has 0 fully saturated rings. The van der Waals surface area contributed by atoms with E-state index >= 15 is 0 Å². The first-order valence-electron chi connectivity index (χ1n) is 7.33. The number of ether oxygens (including phenoxy) is 2. The van der Waals surface area contributed by atoms with E-state index in [0.29, 0.717) is 6.61 Å². The molecular formula is C18H20FNO3. The Kier molecular flexibility index (Phi) is 5.57. The van der Waals surface area contributed by atoms with Crippen molar-refractivity contribution in [1.82, 2.24) is 5.32 Å². The Bertz CT molecular complexity index is 670. The summed E-state index contributed by atoms with van der Waals surface area (Å²) in [4.78, 5) is 12.1. The second kappa shape index (κ2) is 7.63. The molecule has 23 heavy (non-hydrogen) atoms. The summed E-state index contributed by atoms with van der Waals surface area (Å²) < 4.78 is 24.1. The Morgan fingerprint density at radius 1 is 1.22 bits per heavy atom. The molecule has 2 aromatic carbocycles. The molecule has 0 saturated heterocycles. The van der Waals surface area contributed by atoms with Gasteiger partial charge in [-0.15, -0.1) is 0 Å². The molecular weight excluding hydrogens is 297 g/mol. The predicted molar refractivity (Wildman–Crippen MR) is 86.6 cm³/mol. The highest BCUT2D eigenvalue weighted by molar-refractivity contribution is 5.94. The van der Waals surface area contributed by atoms with Crippen molar-refractivity contribution in [2.24, 2.45) is 0 Å². The molecule has 5 heteroatoms. The van der Waals surface area contributed by atoms with Gasteiger partial charge in [-0.05, 0) is 44.2 Å². The third-order valence-electron chi connectivity index (χ3n) is 3.31. The van der Waals surface area contributed by atoms with Crippen LogP contribution in [-0.2, 0) is 0 Å². The third kappa shape index (κ3) is 4.71. The summed E-state index contributed by atoms with van der Waals surface area (Å²) in [6, 6.07) is 11.6. The van der Waals surface area contributed by atoms with Gasteiger partial charge in [-0.3, -0.25) is 4.79 Å². The number of carbonyl (C=O) groups excluding carboxylic acids is 1. The van der Waals surface area contributed by atoms with E-state index in [-0.39, 0.29) is 23.3 Å². The van der Waals surface area contributed by atoms with Gasteiger partial charge in [0, 0.05) is 5.56 Å². The highest BCUT2D eigenvalue weighted by Gasteiger charge is 2.13. The lowest BCUT2D eigenvalue weighted by Crippen LogP contribution is -2.36. The summed E-state index contributed by atoms with van der Waals surface area (Å²) in [7, 11) is 1.38. The molecule has 1 N–H and O–H groups in total. The van der Waals surface area contributed by atoms with E-state index < -0.39 is 5.82 Å². The quantitative estimate of drug-likeness (QED) is 0.889. The number of carbonyl (C=O) groups is 1. The molecule has 0 saturated carbocycles. The van der Waals surface area contributed by atoms with Crippen molar-refractivity contribution < 1.29 is 18.7 Å². The molecule has 0 spiro atoms. The lowest BCUT2D eigenvalue weighted by atomic mass is 10.2. The average Bonchev–Trinajstić information content (AvgIpc) is 2.54. The van der Waals surface area contributed by atoms with Crippen LogP contribution in [0.5, 0.6) is 11.5 Å². The van der Waals surface area contributed by atoms with Gasteiger partial charge in [-0.2, -0.15) is 0 Å². The molecule has 1 amide bonds. The largest absolute Gasteiger partial charge is 0.494 e. The van der Waals surface area contributed by atoms with Crippen molar-refractivity contribution in [3.05, 3.63) is 59.4 Å². The maximum atomic E-state index is 13.6. The molecule has 0 aliphatic rings. The first-order chi connectivity index (χ1) is 11.0. The molecule has 0 bridgehead atoms. The zero-order valence-electron chi connectivity index (χ0n) is 13.4. The lowest BCUT2D eigenvalue weighted by Gasteiger charge is -2.15. The van der Waals surface area contributed by atoms with Crippen molar-refractivity contribution in [2.45, 2.75) is 19.9 Å². The van der Waals surface area contributed by atoms with Crippen LogP contribution in [0.2, 0.25) is 0 Å². The zero-order chi connectivity index (χ0) is 16.8. The minimum absolute atomic E-state index is 0.109. The zero-order valence-corrected chi connectivity index (χ0v) is 13.4. The number of rotatable bonds is 6. The Balaban J connectivity index is 1.89. The fourth-order valence-corrected chi connectivity index (χ4v) is 2.01. The fraction of sp³-hybridized carbons (Fsp3) is 0.278. The number of amides is 1. The van der Waals surface area contributed by atoms with Gasteiger partial charge in [0.25, 0.3) is 5.91 Å². The summed E-state index contributed by atoms with van der Waals surface area (Å²) >= 11 is 0. The highest BCUT2D eigenvalue weighted by Crippen LogP contribution is 2.17. The van der Waals surface area contributed by atoms with Gasteiger partial charge < -0.3 is 14.8 Å². The van der Waals surface area contributed by atoms with Gasteiger partial charge in [-0.25, -0.2) is 4.39 Å². The highest BCUT2D eigenvalue weighted by atomic mass is 19.1. The van der Waals surface area contributed by atoms with Crippen molar-refractivity contribution in [3.63, 3.8) is 0 Å². The predicted octanol–water partition coefficient (Wildman–Crippen LogP) is 3.34. The molecule has 0 aromatic heterocycles. The minimum Gasteiger partial charge on any atom is -0.494 e. The first-order valence-corrected chi connectivity index (χ1v) is 7.33. The van der Waals surface area contributed by atoms with Gasteiger partial charge in [0.2, 0.25) is 0 Å². The summed E-state index contributed by atoms with van der Waals surface area (Å²) in [5.74, 6) is -0.0697. The summed E-state index contributed by atoms with van der Waals surface area (Å²) in [5.41, 5.74) is 1.39. The Hall–Kier alpha value is -2.56. The van der Waals surface area contributed by atoms with E-state index in [0.717, 1.165) is 17.4 Å². The van der Waals surface area contributed by atoms with Crippen LogP contribution < -0.4 is 14.8 Å². The van der Waals surface area contributed by atoms with Crippen LogP contribution in [0.1, 0.15) is 22.8 Å². The van der Waals surface area contributed by atoms with Gasteiger partial charge in [0.15, 0.2) is 11.6 Å². The fourth-order valence-electron chi connectivity index (χ4n) is 2.01. The topological polar surface area (TPSA) is 47.6 Å². The summed E-state index contributed by atoms with van der Waals surface area (Å²) in [6.07, 6.45) is 0. The molecule has 0 radical (unpaired) electrons. The molecule has 0 heterocycles. The van der Waals surface area contributed by atoms with Crippen LogP contribution in [0.3, 0.4) is 0 Å². The molecule has 122 valence electrons. The second-order valence-electron chi connectivity index (χ2n) is 5.35. The SMILES string of the molecule is COc1ccc(C(=O)NC(C)COc2ccc(C)cc2)cc1F. The van der Waals surface area contributed by atoms with E-state index in [9.17, 15) is 9.18 Å². The van der Waals surface area contributed by atoms with Crippen molar-refractivity contribution in [3.8, 4) is 11.5 Å². The van der Waals surface area contributed by atoms with Crippen LogP contribution in [-0.4, -0.2) is 25.7 Å². The Morgan fingerprint density at radius 3 is 2.52 bits per heavy atom. The van der Waals surface area contributed by atoms with Gasteiger partial charge >= 0.3 is 0 Å². The van der Waals surface area contributed by atoms with Gasteiger partial charge in [0.05, 0.1) is 13.2 Å².